The SMILES string of the molecule is Nc1cc(O)c(-c2ccc3ccccc3c2)cc1Cl. The summed E-state index contributed by atoms with van der Waals surface area (Å²) in [6.07, 6.45) is 0. The molecular weight excluding hydrogens is 258 g/mol. The number of nitrogens with two attached hydrogens (primary N) is 1. The number of hydrogen-bond donors (Lipinski definition) is 2. The van der Waals surface area contributed by atoms with Crippen LogP contribution in [0.25, 0.3) is 21.9 Å². The zero-order chi connectivity index (χ0) is 13.4. The maximum Gasteiger partial charge on any atom is 0.125 e. The minimum Gasteiger partial charge on any atom is -0.507 e. The van der Waals surface area contributed by atoms with Crippen molar-refractivity contribution in [2.24, 2.45) is 0 Å². The summed E-state index contributed by atoms with van der Waals surface area (Å²) in [4.78, 5) is 0. The van der Waals surface area contributed by atoms with Crippen LogP contribution in [0, 0.1) is 0 Å². The van der Waals surface area contributed by atoms with E-state index in [4.69, 9.17) is 17.3 Å². The molecule has 0 atom stereocenters. The molecule has 2 nitrogen and oxygen atoms in total. The van der Waals surface area contributed by atoms with Crippen molar-refractivity contribution in [3.05, 3.63) is 59.6 Å². The number of fused-ring (bicyclic) bond motifs is 1. The largest absolute Gasteiger partial charge is 0.507 e. The zero-order valence-electron chi connectivity index (χ0n) is 10.1. The van der Waals surface area contributed by atoms with Crippen LogP contribution in [-0.2, 0) is 0 Å². The normalized spacial score (nSPS) is 10.8. The van der Waals surface area contributed by atoms with E-state index >= 15 is 0 Å². The van der Waals surface area contributed by atoms with Gasteiger partial charge in [-0.1, -0.05) is 48.0 Å². The van der Waals surface area contributed by atoms with Gasteiger partial charge >= 0.3 is 0 Å². The van der Waals surface area contributed by atoms with Gasteiger partial charge in [0, 0.05) is 11.6 Å². The molecule has 0 spiro atoms. The minimum atomic E-state index is 0.136. The van der Waals surface area contributed by atoms with Crippen LogP contribution in [-0.4, -0.2) is 5.11 Å². The van der Waals surface area contributed by atoms with Gasteiger partial charge < -0.3 is 10.8 Å². The summed E-state index contributed by atoms with van der Waals surface area (Å²) in [5.41, 5.74) is 7.64. The number of rotatable bonds is 1. The summed E-state index contributed by atoms with van der Waals surface area (Å²) >= 11 is 6.02. The molecule has 0 amide bonds. The number of benzene rings is 3. The minimum absolute atomic E-state index is 0.136. The first kappa shape index (κ1) is 11.9. The second kappa shape index (κ2) is 4.48. The average Bonchev–Trinajstić information content (AvgIpc) is 2.42. The third kappa shape index (κ3) is 2.11. The Morgan fingerprint density at radius 3 is 2.42 bits per heavy atom. The van der Waals surface area contributed by atoms with E-state index in [-0.39, 0.29) is 5.75 Å². The van der Waals surface area contributed by atoms with Crippen molar-refractivity contribution in [3.63, 3.8) is 0 Å². The molecule has 0 fully saturated rings. The highest BCUT2D eigenvalue weighted by molar-refractivity contribution is 6.33. The number of anilines is 1. The Balaban J connectivity index is 2.21. The number of nitrogen functional groups attached to an aromatic ring is 1. The molecule has 0 saturated carbocycles. The molecule has 0 heterocycles. The Morgan fingerprint density at radius 2 is 1.63 bits per heavy atom. The van der Waals surface area contributed by atoms with E-state index in [1.165, 1.54) is 6.07 Å². The molecule has 0 saturated heterocycles. The summed E-state index contributed by atoms with van der Waals surface area (Å²) < 4.78 is 0. The van der Waals surface area contributed by atoms with Gasteiger partial charge in [-0.2, -0.15) is 0 Å². The van der Waals surface area contributed by atoms with Crippen LogP contribution in [0.1, 0.15) is 0 Å². The van der Waals surface area contributed by atoms with E-state index in [9.17, 15) is 5.11 Å². The quantitative estimate of drug-likeness (QED) is 0.641. The van der Waals surface area contributed by atoms with Crippen LogP contribution in [0.3, 0.4) is 0 Å². The molecule has 0 aliphatic heterocycles. The van der Waals surface area contributed by atoms with Crippen LogP contribution in [0.4, 0.5) is 5.69 Å². The molecule has 0 unspecified atom stereocenters. The van der Waals surface area contributed by atoms with Gasteiger partial charge in [0.25, 0.3) is 0 Å². The lowest BCUT2D eigenvalue weighted by molar-refractivity contribution is 0.477. The van der Waals surface area contributed by atoms with Crippen molar-refractivity contribution < 1.29 is 5.11 Å². The first-order valence-electron chi connectivity index (χ1n) is 5.92. The van der Waals surface area contributed by atoms with Crippen molar-refractivity contribution in [1.29, 1.82) is 0 Å². The highest BCUT2D eigenvalue weighted by Crippen LogP contribution is 2.36. The van der Waals surface area contributed by atoms with Crippen LogP contribution in [0.15, 0.2) is 54.6 Å². The molecule has 0 radical (unpaired) electrons. The Morgan fingerprint density at radius 1 is 0.895 bits per heavy atom. The fourth-order valence-corrected chi connectivity index (χ4v) is 2.33. The average molecular weight is 270 g/mol. The molecule has 0 aliphatic carbocycles. The van der Waals surface area contributed by atoms with E-state index in [1.54, 1.807) is 6.07 Å². The van der Waals surface area contributed by atoms with Gasteiger partial charge in [0.2, 0.25) is 0 Å². The molecule has 3 aromatic carbocycles. The topological polar surface area (TPSA) is 46.2 Å². The van der Waals surface area contributed by atoms with E-state index in [0.29, 0.717) is 16.3 Å². The van der Waals surface area contributed by atoms with Crippen molar-refractivity contribution in [2.45, 2.75) is 0 Å². The molecule has 0 aromatic heterocycles. The number of phenols is 1. The summed E-state index contributed by atoms with van der Waals surface area (Å²) in [7, 11) is 0. The summed E-state index contributed by atoms with van der Waals surface area (Å²) in [6.45, 7) is 0. The van der Waals surface area contributed by atoms with Gasteiger partial charge in [0.15, 0.2) is 0 Å². The lowest BCUT2D eigenvalue weighted by atomic mass is 10.0. The Labute approximate surface area is 116 Å². The Hall–Kier alpha value is -2.19. The van der Waals surface area contributed by atoms with E-state index in [2.05, 4.69) is 6.07 Å². The molecule has 3 rings (SSSR count). The third-order valence-electron chi connectivity index (χ3n) is 3.18. The smallest absolute Gasteiger partial charge is 0.125 e. The maximum absolute atomic E-state index is 10.0. The molecule has 3 N–H and O–H groups in total. The van der Waals surface area contributed by atoms with E-state index in [1.807, 2.05) is 36.4 Å². The van der Waals surface area contributed by atoms with Crippen LogP contribution in [0.2, 0.25) is 5.02 Å². The molecule has 0 aliphatic rings. The molecular formula is C16H12ClNO. The van der Waals surface area contributed by atoms with Gasteiger partial charge in [-0.05, 0) is 28.5 Å². The fourth-order valence-electron chi connectivity index (χ4n) is 2.17. The predicted molar refractivity (Wildman–Crippen MR) is 80.5 cm³/mol. The zero-order valence-corrected chi connectivity index (χ0v) is 10.9. The summed E-state index contributed by atoms with van der Waals surface area (Å²) in [6, 6.07) is 17.3. The van der Waals surface area contributed by atoms with Crippen molar-refractivity contribution in [2.75, 3.05) is 5.73 Å². The predicted octanol–water partition coefficient (Wildman–Crippen LogP) is 4.45. The van der Waals surface area contributed by atoms with E-state index < -0.39 is 0 Å². The molecule has 94 valence electrons. The number of hydrogen-bond acceptors (Lipinski definition) is 2. The van der Waals surface area contributed by atoms with Gasteiger partial charge in [0.1, 0.15) is 5.75 Å². The number of phenolic OH excluding ortho intramolecular Hbond substituents is 1. The van der Waals surface area contributed by atoms with Crippen molar-refractivity contribution in [1.82, 2.24) is 0 Å². The van der Waals surface area contributed by atoms with Crippen LogP contribution in [0.5, 0.6) is 5.75 Å². The van der Waals surface area contributed by atoms with E-state index in [0.717, 1.165) is 16.3 Å². The van der Waals surface area contributed by atoms with Gasteiger partial charge in [-0.3, -0.25) is 0 Å². The molecule has 3 heteroatoms. The first-order chi connectivity index (χ1) is 9.15. The standard InChI is InChI=1S/C16H12ClNO/c17-14-8-13(16(19)9-15(14)18)12-6-5-10-3-1-2-4-11(10)7-12/h1-9,19H,18H2. The fraction of sp³-hybridized carbons (Fsp3) is 0. The molecule has 3 aromatic rings. The first-order valence-corrected chi connectivity index (χ1v) is 6.30. The second-order valence-electron chi connectivity index (χ2n) is 4.45. The van der Waals surface area contributed by atoms with Crippen molar-refractivity contribution in [3.8, 4) is 16.9 Å². The highest BCUT2D eigenvalue weighted by Gasteiger charge is 2.08. The summed E-state index contributed by atoms with van der Waals surface area (Å²) in [5.74, 6) is 0.136. The molecule has 0 bridgehead atoms. The van der Waals surface area contributed by atoms with Crippen LogP contribution < -0.4 is 5.73 Å². The van der Waals surface area contributed by atoms with Gasteiger partial charge in [0.05, 0.1) is 10.7 Å². The maximum atomic E-state index is 10.0. The monoisotopic (exact) mass is 269 g/mol. The Bertz CT molecular complexity index is 768. The second-order valence-corrected chi connectivity index (χ2v) is 4.86. The number of halogens is 1. The van der Waals surface area contributed by atoms with Gasteiger partial charge in [-0.15, -0.1) is 0 Å². The molecule has 19 heavy (non-hydrogen) atoms. The Kier molecular flexibility index (Phi) is 2.80. The van der Waals surface area contributed by atoms with Crippen LogP contribution >= 0.6 is 11.6 Å². The third-order valence-corrected chi connectivity index (χ3v) is 3.50. The number of aromatic hydroxyl groups is 1. The van der Waals surface area contributed by atoms with Gasteiger partial charge in [-0.25, -0.2) is 0 Å². The highest BCUT2D eigenvalue weighted by atomic mass is 35.5. The summed E-state index contributed by atoms with van der Waals surface area (Å²) in [5, 5.41) is 12.7. The lowest BCUT2D eigenvalue weighted by Crippen LogP contribution is -1.88. The van der Waals surface area contributed by atoms with Crippen molar-refractivity contribution >= 4 is 28.1 Å². The lowest BCUT2D eigenvalue weighted by Gasteiger charge is -2.08.